The molecule has 3 N–H and O–H groups in total. The van der Waals surface area contributed by atoms with Gasteiger partial charge in [0.05, 0.1) is 0 Å². The first kappa shape index (κ1) is 11.6. The molecule has 0 saturated carbocycles. The molecule has 6 nitrogen and oxygen atoms in total. The molecule has 94 valence electrons. The van der Waals surface area contributed by atoms with Crippen molar-refractivity contribution in [3.8, 4) is 11.4 Å². The van der Waals surface area contributed by atoms with Gasteiger partial charge < -0.3 is 10.7 Å². The van der Waals surface area contributed by atoms with Crippen molar-refractivity contribution in [2.75, 3.05) is 5.73 Å². The molecule has 19 heavy (non-hydrogen) atoms. The number of hydrogen-bond donors (Lipinski definition) is 2. The van der Waals surface area contributed by atoms with Crippen LogP contribution < -0.4 is 11.3 Å². The van der Waals surface area contributed by atoms with Gasteiger partial charge in [-0.15, -0.1) is 0 Å². The summed E-state index contributed by atoms with van der Waals surface area (Å²) < 4.78 is 0. The van der Waals surface area contributed by atoms with Crippen molar-refractivity contribution < 1.29 is 0 Å². The van der Waals surface area contributed by atoms with Crippen LogP contribution in [0.4, 0.5) is 5.95 Å². The monoisotopic (exact) mass is 273 g/mol. The zero-order valence-electron chi connectivity index (χ0n) is 9.59. The Kier molecular flexibility index (Phi) is 2.64. The molecule has 0 bridgehead atoms. The second-order valence-corrected chi connectivity index (χ2v) is 4.32. The van der Waals surface area contributed by atoms with Crippen molar-refractivity contribution in [2.24, 2.45) is 0 Å². The Morgan fingerprint density at radius 3 is 2.63 bits per heavy atom. The average Bonchev–Trinajstić information content (AvgIpc) is 2.38. The Labute approximate surface area is 112 Å². The molecule has 0 aliphatic heterocycles. The lowest BCUT2D eigenvalue weighted by atomic mass is 10.2. The van der Waals surface area contributed by atoms with Crippen molar-refractivity contribution in [1.29, 1.82) is 0 Å². The van der Waals surface area contributed by atoms with E-state index in [2.05, 4.69) is 19.9 Å². The largest absolute Gasteiger partial charge is 0.368 e. The summed E-state index contributed by atoms with van der Waals surface area (Å²) in [6.45, 7) is 0. The van der Waals surface area contributed by atoms with Crippen LogP contribution in [0.2, 0.25) is 5.02 Å². The van der Waals surface area contributed by atoms with Crippen molar-refractivity contribution >= 4 is 28.6 Å². The minimum atomic E-state index is -0.310. The number of halogens is 1. The van der Waals surface area contributed by atoms with Gasteiger partial charge in [0.2, 0.25) is 5.95 Å². The van der Waals surface area contributed by atoms with E-state index in [-0.39, 0.29) is 17.2 Å². The highest BCUT2D eigenvalue weighted by atomic mass is 35.5. The van der Waals surface area contributed by atoms with Crippen LogP contribution in [0, 0.1) is 0 Å². The van der Waals surface area contributed by atoms with E-state index in [1.165, 1.54) is 6.20 Å². The standard InChI is InChI=1S/C12H8ClN5O/c13-7-3-1-6(2-4-7)9-16-10-8(11(19)17-9)5-15-12(14)18-10/h1-5H,(H3,14,15,16,17,18,19). The van der Waals surface area contributed by atoms with E-state index < -0.39 is 0 Å². The van der Waals surface area contributed by atoms with Gasteiger partial charge in [0.15, 0.2) is 5.65 Å². The first-order chi connectivity index (χ1) is 9.13. The molecule has 3 aromatic rings. The molecule has 1 aromatic carbocycles. The van der Waals surface area contributed by atoms with Crippen molar-refractivity contribution in [2.45, 2.75) is 0 Å². The smallest absolute Gasteiger partial charge is 0.262 e. The molecule has 7 heteroatoms. The zero-order valence-corrected chi connectivity index (χ0v) is 10.3. The Morgan fingerprint density at radius 2 is 1.89 bits per heavy atom. The van der Waals surface area contributed by atoms with Crippen LogP contribution in [0.1, 0.15) is 0 Å². The lowest BCUT2D eigenvalue weighted by Crippen LogP contribution is -2.11. The fraction of sp³-hybridized carbons (Fsp3) is 0. The molecule has 0 aliphatic carbocycles. The minimum Gasteiger partial charge on any atom is -0.368 e. The van der Waals surface area contributed by atoms with Gasteiger partial charge in [-0.05, 0) is 24.3 Å². The van der Waals surface area contributed by atoms with Gasteiger partial charge in [-0.1, -0.05) is 11.6 Å². The van der Waals surface area contributed by atoms with E-state index in [1.54, 1.807) is 24.3 Å². The summed E-state index contributed by atoms with van der Waals surface area (Å²) in [6.07, 6.45) is 1.36. The maximum atomic E-state index is 11.9. The van der Waals surface area contributed by atoms with Crippen LogP contribution in [0.15, 0.2) is 35.3 Å². The van der Waals surface area contributed by atoms with E-state index in [0.29, 0.717) is 16.2 Å². The highest BCUT2D eigenvalue weighted by Crippen LogP contribution is 2.18. The van der Waals surface area contributed by atoms with Crippen LogP contribution in [0.25, 0.3) is 22.4 Å². The van der Waals surface area contributed by atoms with Gasteiger partial charge in [-0.2, -0.15) is 4.98 Å². The number of nitrogens with one attached hydrogen (secondary N) is 1. The van der Waals surface area contributed by atoms with Crippen molar-refractivity contribution in [1.82, 2.24) is 19.9 Å². The van der Waals surface area contributed by atoms with Gasteiger partial charge in [-0.3, -0.25) is 4.79 Å². The van der Waals surface area contributed by atoms with Crippen LogP contribution >= 0.6 is 11.6 Å². The summed E-state index contributed by atoms with van der Waals surface area (Å²) in [5.41, 5.74) is 6.18. The third kappa shape index (κ3) is 2.13. The fourth-order valence-corrected chi connectivity index (χ4v) is 1.81. The maximum absolute atomic E-state index is 11.9. The highest BCUT2D eigenvalue weighted by molar-refractivity contribution is 6.30. The quantitative estimate of drug-likeness (QED) is 0.702. The molecule has 2 heterocycles. The fourth-order valence-electron chi connectivity index (χ4n) is 1.68. The van der Waals surface area contributed by atoms with Crippen LogP contribution in [0.3, 0.4) is 0 Å². The van der Waals surface area contributed by atoms with Crippen LogP contribution in [0.5, 0.6) is 0 Å². The molecular formula is C12H8ClN5O. The summed E-state index contributed by atoms with van der Waals surface area (Å²) >= 11 is 5.82. The van der Waals surface area contributed by atoms with E-state index in [0.717, 1.165) is 5.56 Å². The lowest BCUT2D eigenvalue weighted by Gasteiger charge is -2.03. The average molecular weight is 274 g/mol. The van der Waals surface area contributed by atoms with Gasteiger partial charge in [0, 0.05) is 16.8 Å². The third-order valence-corrected chi connectivity index (χ3v) is 2.85. The third-order valence-electron chi connectivity index (χ3n) is 2.60. The number of nitrogen functional groups attached to an aromatic ring is 1. The molecule has 0 saturated heterocycles. The predicted octanol–water partition coefficient (Wildman–Crippen LogP) is 1.62. The van der Waals surface area contributed by atoms with Crippen LogP contribution in [-0.2, 0) is 0 Å². The predicted molar refractivity (Wildman–Crippen MR) is 72.8 cm³/mol. The lowest BCUT2D eigenvalue weighted by molar-refractivity contribution is 1.12. The molecular weight excluding hydrogens is 266 g/mol. The molecule has 0 radical (unpaired) electrons. The number of rotatable bonds is 1. The number of anilines is 1. The first-order valence-corrected chi connectivity index (χ1v) is 5.80. The summed E-state index contributed by atoms with van der Waals surface area (Å²) in [6, 6.07) is 6.96. The molecule has 3 rings (SSSR count). The van der Waals surface area contributed by atoms with E-state index >= 15 is 0 Å². The number of aromatic amines is 1. The second-order valence-electron chi connectivity index (χ2n) is 3.89. The highest BCUT2D eigenvalue weighted by Gasteiger charge is 2.07. The molecule has 0 fully saturated rings. The molecule has 0 atom stereocenters. The topological polar surface area (TPSA) is 97.5 Å². The molecule has 0 spiro atoms. The van der Waals surface area contributed by atoms with E-state index in [1.807, 2.05) is 0 Å². The Hall–Kier alpha value is -2.47. The summed E-state index contributed by atoms with van der Waals surface area (Å²) in [4.78, 5) is 26.6. The number of H-pyrrole nitrogens is 1. The van der Waals surface area contributed by atoms with E-state index in [4.69, 9.17) is 17.3 Å². The van der Waals surface area contributed by atoms with Crippen molar-refractivity contribution in [3.63, 3.8) is 0 Å². The maximum Gasteiger partial charge on any atom is 0.262 e. The Bertz CT molecular complexity index is 812. The molecule has 0 aliphatic rings. The summed E-state index contributed by atoms with van der Waals surface area (Å²) in [7, 11) is 0. The molecule has 0 unspecified atom stereocenters. The van der Waals surface area contributed by atoms with Gasteiger partial charge >= 0.3 is 0 Å². The van der Waals surface area contributed by atoms with Crippen molar-refractivity contribution in [3.05, 3.63) is 45.8 Å². The van der Waals surface area contributed by atoms with E-state index in [9.17, 15) is 4.79 Å². The number of nitrogens with zero attached hydrogens (tertiary/aromatic N) is 3. The van der Waals surface area contributed by atoms with Gasteiger partial charge in [0.25, 0.3) is 5.56 Å². The number of hydrogen-bond acceptors (Lipinski definition) is 5. The number of nitrogens with two attached hydrogens (primary N) is 1. The minimum absolute atomic E-state index is 0.0765. The molecule has 0 amide bonds. The zero-order chi connectivity index (χ0) is 13.4. The number of aromatic nitrogens is 4. The number of benzene rings is 1. The normalized spacial score (nSPS) is 10.8. The van der Waals surface area contributed by atoms with Crippen LogP contribution in [-0.4, -0.2) is 19.9 Å². The first-order valence-electron chi connectivity index (χ1n) is 5.42. The number of fused-ring (bicyclic) bond motifs is 1. The second kappa shape index (κ2) is 4.33. The SMILES string of the molecule is Nc1ncc2c(=O)[nH]c(-c3ccc(Cl)cc3)nc2n1. The summed E-state index contributed by atoms with van der Waals surface area (Å²) in [5, 5.41) is 0.908. The Morgan fingerprint density at radius 1 is 1.16 bits per heavy atom. The van der Waals surface area contributed by atoms with Gasteiger partial charge in [0.1, 0.15) is 11.2 Å². The molecule has 2 aromatic heterocycles. The van der Waals surface area contributed by atoms with Gasteiger partial charge in [-0.25, -0.2) is 9.97 Å². The Balaban J connectivity index is 2.25. The summed E-state index contributed by atoms with van der Waals surface area (Å²) in [5.74, 6) is 0.486.